The maximum absolute atomic E-state index is 11.2. The summed E-state index contributed by atoms with van der Waals surface area (Å²) < 4.78 is 5.15. The monoisotopic (exact) mass is 230 g/mol. The lowest BCUT2D eigenvalue weighted by Gasteiger charge is -2.31. The molecule has 2 N–H and O–H groups in total. The number of ether oxygens (including phenoxy) is 1. The van der Waals surface area contributed by atoms with Gasteiger partial charge in [-0.3, -0.25) is 9.59 Å². The van der Waals surface area contributed by atoms with E-state index in [0.29, 0.717) is 31.3 Å². The minimum absolute atomic E-state index is 0.306. The topological polar surface area (TPSA) is 72.6 Å². The quantitative estimate of drug-likeness (QED) is 0.514. The summed E-state index contributed by atoms with van der Waals surface area (Å²) >= 11 is 5.10. The third kappa shape index (κ3) is 2.97. The van der Waals surface area contributed by atoms with Crippen LogP contribution in [0, 0.1) is 5.92 Å². The second-order valence-electron chi connectivity index (χ2n) is 3.38. The summed E-state index contributed by atoms with van der Waals surface area (Å²) in [5, 5.41) is 0. The van der Waals surface area contributed by atoms with Crippen LogP contribution in [0.4, 0.5) is 0 Å². The summed E-state index contributed by atoms with van der Waals surface area (Å²) in [4.78, 5) is 24.4. The lowest BCUT2D eigenvalue weighted by atomic mass is 10.0. The molecule has 15 heavy (non-hydrogen) atoms. The molecule has 1 atom stereocenters. The first-order chi connectivity index (χ1) is 7.04. The van der Waals surface area contributed by atoms with Crippen LogP contribution < -0.4 is 5.73 Å². The Hall–Kier alpha value is -1.01. The van der Waals surface area contributed by atoms with Crippen molar-refractivity contribution in [2.45, 2.75) is 6.92 Å². The van der Waals surface area contributed by atoms with E-state index in [1.54, 1.807) is 4.90 Å². The number of morpholine rings is 1. The van der Waals surface area contributed by atoms with E-state index in [2.05, 4.69) is 0 Å². The number of hydrogen-bond acceptors (Lipinski definition) is 4. The number of nitrogens with zero attached hydrogens (tertiary/aromatic N) is 1. The molecule has 84 valence electrons. The third-order valence-electron chi connectivity index (χ3n) is 2.26. The van der Waals surface area contributed by atoms with Gasteiger partial charge in [-0.05, 0) is 6.92 Å². The lowest BCUT2D eigenvalue weighted by Crippen LogP contribution is -2.48. The predicted octanol–water partition coefficient (Wildman–Crippen LogP) is -0.663. The highest BCUT2D eigenvalue weighted by Gasteiger charge is 2.29. The van der Waals surface area contributed by atoms with Gasteiger partial charge >= 0.3 is 0 Å². The molecule has 1 amide bonds. The lowest BCUT2D eigenvalue weighted by molar-refractivity contribution is -0.128. The van der Waals surface area contributed by atoms with Crippen LogP contribution in [-0.4, -0.2) is 47.9 Å². The van der Waals surface area contributed by atoms with Crippen LogP contribution in [-0.2, 0) is 14.3 Å². The number of primary amides is 1. The largest absolute Gasteiger partial charge is 0.378 e. The van der Waals surface area contributed by atoms with Gasteiger partial charge in [0, 0.05) is 13.1 Å². The standard InChI is InChI=1S/C9H14N2O3S/c1-6(12)7(8(10)13)9(15)11-2-4-14-5-3-11/h7H,2-5H2,1H3,(H2,10,13). The number of rotatable bonds is 3. The van der Waals surface area contributed by atoms with Gasteiger partial charge in [0.15, 0.2) is 0 Å². The smallest absolute Gasteiger partial charge is 0.234 e. The van der Waals surface area contributed by atoms with Crippen molar-refractivity contribution in [2.75, 3.05) is 26.3 Å². The molecule has 0 radical (unpaired) electrons. The van der Waals surface area contributed by atoms with Crippen molar-refractivity contribution in [3.05, 3.63) is 0 Å². The predicted molar refractivity (Wildman–Crippen MR) is 58.4 cm³/mol. The number of nitrogens with two attached hydrogens (primary N) is 1. The van der Waals surface area contributed by atoms with Crippen LogP contribution in [0.15, 0.2) is 0 Å². The average molecular weight is 230 g/mol. The number of thiocarbonyl (C=S) groups is 1. The van der Waals surface area contributed by atoms with Crippen LogP contribution in [0.25, 0.3) is 0 Å². The first-order valence-electron chi connectivity index (χ1n) is 4.70. The number of carbonyl (C=O) groups excluding carboxylic acids is 2. The van der Waals surface area contributed by atoms with E-state index in [1.807, 2.05) is 0 Å². The third-order valence-corrected chi connectivity index (χ3v) is 2.75. The number of carbonyl (C=O) groups is 2. The zero-order chi connectivity index (χ0) is 11.4. The molecule has 0 aromatic heterocycles. The molecule has 0 aliphatic carbocycles. The molecule has 1 aliphatic rings. The Morgan fingerprint density at radius 2 is 1.93 bits per heavy atom. The van der Waals surface area contributed by atoms with E-state index in [0.717, 1.165) is 0 Å². The molecule has 1 rings (SSSR count). The van der Waals surface area contributed by atoms with Crippen molar-refractivity contribution >= 4 is 28.9 Å². The molecular formula is C9H14N2O3S. The molecule has 0 aromatic rings. The second kappa shape index (κ2) is 5.18. The highest BCUT2D eigenvalue weighted by molar-refractivity contribution is 7.80. The molecular weight excluding hydrogens is 216 g/mol. The van der Waals surface area contributed by atoms with Crippen LogP contribution in [0.5, 0.6) is 0 Å². The molecule has 6 heteroatoms. The Bertz CT molecular complexity index is 273. The summed E-state index contributed by atoms with van der Waals surface area (Å²) in [6.07, 6.45) is 0. The fourth-order valence-corrected chi connectivity index (χ4v) is 1.93. The van der Waals surface area contributed by atoms with Gasteiger partial charge < -0.3 is 15.4 Å². The maximum Gasteiger partial charge on any atom is 0.234 e. The van der Waals surface area contributed by atoms with E-state index < -0.39 is 11.8 Å². The molecule has 0 bridgehead atoms. The summed E-state index contributed by atoms with van der Waals surface area (Å²) in [6, 6.07) is 0. The van der Waals surface area contributed by atoms with Crippen molar-refractivity contribution < 1.29 is 14.3 Å². The number of hydrogen-bond donors (Lipinski definition) is 1. The first-order valence-corrected chi connectivity index (χ1v) is 5.11. The van der Waals surface area contributed by atoms with Crippen molar-refractivity contribution in [1.29, 1.82) is 0 Å². The van der Waals surface area contributed by atoms with Crippen molar-refractivity contribution in [1.82, 2.24) is 4.90 Å². The van der Waals surface area contributed by atoms with E-state index in [-0.39, 0.29) is 5.78 Å². The van der Waals surface area contributed by atoms with Crippen LogP contribution in [0.2, 0.25) is 0 Å². The zero-order valence-electron chi connectivity index (χ0n) is 8.56. The van der Waals surface area contributed by atoms with Gasteiger partial charge in [0.25, 0.3) is 0 Å². The van der Waals surface area contributed by atoms with Crippen molar-refractivity contribution in [2.24, 2.45) is 11.7 Å². The molecule has 1 fully saturated rings. The van der Waals surface area contributed by atoms with Crippen molar-refractivity contribution in [3.63, 3.8) is 0 Å². The minimum Gasteiger partial charge on any atom is -0.378 e. The van der Waals surface area contributed by atoms with Crippen LogP contribution in [0.1, 0.15) is 6.92 Å². The molecule has 1 aliphatic heterocycles. The van der Waals surface area contributed by atoms with E-state index in [4.69, 9.17) is 22.7 Å². The van der Waals surface area contributed by atoms with Gasteiger partial charge in [-0.2, -0.15) is 0 Å². The molecule has 1 heterocycles. The van der Waals surface area contributed by atoms with Gasteiger partial charge in [-0.1, -0.05) is 12.2 Å². The number of amides is 1. The SMILES string of the molecule is CC(=O)C(C(N)=O)C(=S)N1CCOCC1. The maximum atomic E-state index is 11.2. The van der Waals surface area contributed by atoms with Gasteiger partial charge in [0.1, 0.15) is 11.7 Å². The van der Waals surface area contributed by atoms with E-state index in [9.17, 15) is 9.59 Å². The Kier molecular flexibility index (Phi) is 4.16. The molecule has 1 unspecified atom stereocenters. The number of Topliss-reactive ketones (excluding diaryl/α,β-unsaturated/α-hetero) is 1. The average Bonchev–Trinajstić information content (AvgIpc) is 2.18. The number of ketones is 1. The Morgan fingerprint density at radius 1 is 1.40 bits per heavy atom. The van der Waals surface area contributed by atoms with E-state index in [1.165, 1.54) is 6.92 Å². The Labute approximate surface area is 93.5 Å². The zero-order valence-corrected chi connectivity index (χ0v) is 9.38. The van der Waals surface area contributed by atoms with Gasteiger partial charge in [-0.25, -0.2) is 0 Å². The fraction of sp³-hybridized carbons (Fsp3) is 0.667. The summed E-state index contributed by atoms with van der Waals surface area (Å²) in [7, 11) is 0. The molecule has 0 aromatic carbocycles. The Balaban J connectivity index is 2.70. The highest BCUT2D eigenvalue weighted by atomic mass is 32.1. The molecule has 0 saturated carbocycles. The minimum atomic E-state index is -0.974. The molecule has 5 nitrogen and oxygen atoms in total. The highest BCUT2D eigenvalue weighted by Crippen LogP contribution is 2.09. The Morgan fingerprint density at radius 3 is 2.33 bits per heavy atom. The fourth-order valence-electron chi connectivity index (χ4n) is 1.46. The normalized spacial score (nSPS) is 18.3. The van der Waals surface area contributed by atoms with Gasteiger partial charge in [-0.15, -0.1) is 0 Å². The van der Waals surface area contributed by atoms with Gasteiger partial charge in [0.2, 0.25) is 5.91 Å². The summed E-state index contributed by atoms with van der Waals surface area (Å²) in [5.41, 5.74) is 5.14. The molecule has 1 saturated heterocycles. The molecule has 0 spiro atoms. The summed E-state index contributed by atoms with van der Waals surface area (Å²) in [6.45, 7) is 3.65. The van der Waals surface area contributed by atoms with Crippen molar-refractivity contribution in [3.8, 4) is 0 Å². The van der Waals surface area contributed by atoms with Crippen LogP contribution >= 0.6 is 12.2 Å². The van der Waals surface area contributed by atoms with Crippen LogP contribution in [0.3, 0.4) is 0 Å². The van der Waals surface area contributed by atoms with E-state index >= 15 is 0 Å². The second-order valence-corrected chi connectivity index (χ2v) is 3.80. The van der Waals surface area contributed by atoms with Gasteiger partial charge in [0.05, 0.1) is 18.2 Å². The summed E-state index contributed by atoms with van der Waals surface area (Å²) in [5.74, 6) is -1.96. The first kappa shape index (κ1) is 12.1.